The van der Waals surface area contributed by atoms with Crippen LogP contribution in [0.4, 0.5) is 11.5 Å². The Morgan fingerprint density at radius 2 is 1.79 bits per heavy atom. The first kappa shape index (κ1) is 25.1. The number of nitrogens with two attached hydrogens (primary N) is 1. The smallest absolute Gasteiger partial charge is 0.343 e. The van der Waals surface area contributed by atoms with Crippen molar-refractivity contribution in [3.05, 3.63) is 36.0 Å². The second-order valence-electron chi connectivity index (χ2n) is 7.19. The fourth-order valence-electron chi connectivity index (χ4n) is 3.22. The summed E-state index contributed by atoms with van der Waals surface area (Å²) < 4.78 is 15.1. The Bertz CT molecular complexity index is 1010. The highest BCUT2D eigenvalue weighted by Crippen LogP contribution is 2.21. The molecule has 0 atom stereocenters. The molecule has 1 saturated heterocycles. The number of hydrogen-bond donors (Lipinski definition) is 1. The predicted octanol–water partition coefficient (Wildman–Crippen LogP) is 1.23. The first-order valence-corrected chi connectivity index (χ1v) is 11.6. The van der Waals surface area contributed by atoms with Gasteiger partial charge in [-0.05, 0) is 31.2 Å². The lowest BCUT2D eigenvalue weighted by Gasteiger charge is -2.36. The summed E-state index contributed by atoms with van der Waals surface area (Å²) in [7, 11) is 1.62. The number of carbonyl (C=O) groups excluding carboxylic acids is 3. The molecule has 0 aliphatic carbocycles. The third-order valence-corrected chi connectivity index (χ3v) is 5.87. The van der Waals surface area contributed by atoms with Crippen molar-refractivity contribution < 1.29 is 28.6 Å². The number of esters is 2. The molecule has 1 amide bonds. The molecule has 1 aliphatic heterocycles. The lowest BCUT2D eigenvalue weighted by atomic mass is 10.2. The quantitative estimate of drug-likeness (QED) is 0.309. The normalized spacial score (nSPS) is 13.4. The fraction of sp³-hybridized carbons (Fsp3) is 0.409. The monoisotopic (exact) mass is 489 g/mol. The van der Waals surface area contributed by atoms with E-state index in [-0.39, 0.29) is 41.4 Å². The second-order valence-corrected chi connectivity index (χ2v) is 8.13. The average molecular weight is 490 g/mol. The molecule has 1 fully saturated rings. The van der Waals surface area contributed by atoms with Crippen molar-refractivity contribution in [1.82, 2.24) is 14.9 Å². The number of aromatic nitrogens is 2. The van der Waals surface area contributed by atoms with Crippen LogP contribution in [0.25, 0.3) is 0 Å². The van der Waals surface area contributed by atoms with E-state index in [0.29, 0.717) is 26.2 Å². The molecule has 34 heavy (non-hydrogen) atoms. The largest absolute Gasteiger partial charge is 0.497 e. The highest BCUT2D eigenvalue weighted by molar-refractivity contribution is 7.99. The van der Waals surface area contributed by atoms with Gasteiger partial charge in [0, 0.05) is 38.1 Å². The first-order valence-electron chi connectivity index (χ1n) is 10.7. The van der Waals surface area contributed by atoms with Crippen molar-refractivity contribution in [2.24, 2.45) is 0 Å². The SMILES string of the molecule is CCOC(=O)c1cnc(SCC(=O)OCC(=O)N2CCN(c3ccc(OC)cc3)CC2)nc1N. The molecular weight excluding hydrogens is 462 g/mol. The van der Waals surface area contributed by atoms with Gasteiger partial charge in [-0.25, -0.2) is 14.8 Å². The Morgan fingerprint density at radius 1 is 1.09 bits per heavy atom. The van der Waals surface area contributed by atoms with Crippen LogP contribution in [-0.2, 0) is 19.1 Å². The number of hydrogen-bond acceptors (Lipinski definition) is 11. The maximum Gasteiger partial charge on any atom is 0.343 e. The maximum absolute atomic E-state index is 12.4. The Balaban J connectivity index is 1.39. The van der Waals surface area contributed by atoms with Crippen LogP contribution in [-0.4, -0.2) is 85.0 Å². The van der Waals surface area contributed by atoms with Crippen LogP contribution in [0.1, 0.15) is 17.3 Å². The fourth-order valence-corrected chi connectivity index (χ4v) is 3.84. The maximum atomic E-state index is 12.4. The van der Waals surface area contributed by atoms with Crippen molar-refractivity contribution in [3.8, 4) is 5.75 Å². The van der Waals surface area contributed by atoms with Crippen LogP contribution in [0, 0.1) is 0 Å². The molecule has 1 aromatic carbocycles. The standard InChI is InChI=1S/C22H27N5O6S/c1-3-32-21(30)17-12-24-22(25-20(17)23)34-14-19(29)33-13-18(28)27-10-8-26(9-11-27)15-4-6-16(31-2)7-5-15/h4-7,12H,3,8-11,13-14H2,1-2H3,(H2,23,24,25). The van der Waals surface area contributed by atoms with Gasteiger partial charge < -0.3 is 29.7 Å². The molecule has 1 aliphatic rings. The Hall–Kier alpha value is -3.54. The van der Waals surface area contributed by atoms with E-state index in [9.17, 15) is 14.4 Å². The zero-order chi connectivity index (χ0) is 24.5. The van der Waals surface area contributed by atoms with Crippen LogP contribution in [0.3, 0.4) is 0 Å². The van der Waals surface area contributed by atoms with E-state index in [1.807, 2.05) is 24.3 Å². The number of carbonyl (C=O) groups is 3. The van der Waals surface area contributed by atoms with E-state index in [2.05, 4.69) is 14.9 Å². The van der Waals surface area contributed by atoms with E-state index >= 15 is 0 Å². The van der Waals surface area contributed by atoms with E-state index in [1.54, 1.807) is 18.9 Å². The molecule has 0 saturated carbocycles. The minimum Gasteiger partial charge on any atom is -0.497 e. The zero-order valence-corrected chi connectivity index (χ0v) is 19.9. The molecule has 3 rings (SSSR count). The predicted molar refractivity (Wildman–Crippen MR) is 126 cm³/mol. The molecular formula is C22H27N5O6S. The minimum atomic E-state index is -0.612. The Labute approximate surface area is 201 Å². The van der Waals surface area contributed by atoms with Crippen molar-refractivity contribution in [2.75, 3.05) is 62.9 Å². The lowest BCUT2D eigenvalue weighted by molar-refractivity contribution is -0.150. The molecule has 2 heterocycles. The highest BCUT2D eigenvalue weighted by atomic mass is 32.2. The number of piperazine rings is 1. The van der Waals surface area contributed by atoms with E-state index in [4.69, 9.17) is 19.9 Å². The average Bonchev–Trinajstić information content (AvgIpc) is 2.86. The van der Waals surface area contributed by atoms with Crippen molar-refractivity contribution in [1.29, 1.82) is 0 Å². The molecule has 1 aromatic heterocycles. The summed E-state index contributed by atoms with van der Waals surface area (Å²) in [6.07, 6.45) is 1.25. The number of thioether (sulfide) groups is 1. The van der Waals surface area contributed by atoms with Crippen LogP contribution < -0.4 is 15.4 Å². The van der Waals surface area contributed by atoms with Gasteiger partial charge in [0.25, 0.3) is 5.91 Å². The number of nitrogen functional groups attached to an aromatic ring is 1. The molecule has 12 heteroatoms. The number of benzene rings is 1. The van der Waals surface area contributed by atoms with E-state index in [1.165, 1.54) is 6.20 Å². The third-order valence-electron chi connectivity index (χ3n) is 5.04. The summed E-state index contributed by atoms with van der Waals surface area (Å²) in [6.45, 7) is 4.00. The summed E-state index contributed by atoms with van der Waals surface area (Å²) in [5.74, 6) is -0.774. The van der Waals surface area contributed by atoms with Crippen LogP contribution in [0.15, 0.2) is 35.6 Å². The third kappa shape index (κ3) is 6.73. The van der Waals surface area contributed by atoms with Gasteiger partial charge in [-0.15, -0.1) is 0 Å². The second kappa shape index (κ2) is 12.1. The summed E-state index contributed by atoms with van der Waals surface area (Å²) in [5.41, 5.74) is 6.89. The first-order chi connectivity index (χ1) is 16.4. The van der Waals surface area contributed by atoms with Crippen LogP contribution in [0.2, 0.25) is 0 Å². The van der Waals surface area contributed by atoms with E-state index in [0.717, 1.165) is 23.2 Å². The molecule has 0 bridgehead atoms. The van der Waals surface area contributed by atoms with Gasteiger partial charge in [-0.1, -0.05) is 11.8 Å². The van der Waals surface area contributed by atoms with Gasteiger partial charge in [-0.2, -0.15) is 0 Å². The van der Waals surface area contributed by atoms with Crippen molar-refractivity contribution in [3.63, 3.8) is 0 Å². The molecule has 11 nitrogen and oxygen atoms in total. The number of amides is 1. The number of ether oxygens (including phenoxy) is 3. The van der Waals surface area contributed by atoms with Gasteiger partial charge in [0.2, 0.25) is 0 Å². The summed E-state index contributed by atoms with van der Waals surface area (Å²) >= 11 is 0.995. The molecule has 0 unspecified atom stereocenters. The molecule has 0 radical (unpaired) electrons. The molecule has 2 aromatic rings. The zero-order valence-electron chi connectivity index (χ0n) is 19.1. The lowest BCUT2D eigenvalue weighted by Crippen LogP contribution is -2.50. The van der Waals surface area contributed by atoms with Gasteiger partial charge in [0.15, 0.2) is 11.8 Å². The van der Waals surface area contributed by atoms with E-state index < -0.39 is 11.9 Å². The van der Waals surface area contributed by atoms with Gasteiger partial charge in [0.05, 0.1) is 19.5 Å². The minimum absolute atomic E-state index is 0.0340. The molecule has 182 valence electrons. The van der Waals surface area contributed by atoms with Gasteiger partial charge in [-0.3, -0.25) is 9.59 Å². The molecule has 0 spiro atoms. The van der Waals surface area contributed by atoms with Gasteiger partial charge >= 0.3 is 11.9 Å². The number of rotatable bonds is 9. The summed E-state index contributed by atoms with van der Waals surface area (Å²) in [4.78, 5) is 48.1. The topological polar surface area (TPSA) is 137 Å². The summed E-state index contributed by atoms with van der Waals surface area (Å²) in [6, 6.07) is 7.77. The Kier molecular flexibility index (Phi) is 8.91. The van der Waals surface area contributed by atoms with Crippen LogP contribution >= 0.6 is 11.8 Å². The number of nitrogens with zero attached hydrogens (tertiary/aromatic N) is 4. The van der Waals surface area contributed by atoms with Crippen molar-refractivity contribution in [2.45, 2.75) is 12.1 Å². The number of anilines is 2. The van der Waals surface area contributed by atoms with Gasteiger partial charge in [0.1, 0.15) is 17.1 Å². The number of methoxy groups -OCH3 is 1. The Morgan fingerprint density at radius 3 is 2.41 bits per heavy atom. The van der Waals surface area contributed by atoms with Crippen LogP contribution in [0.5, 0.6) is 5.75 Å². The highest BCUT2D eigenvalue weighted by Gasteiger charge is 2.22. The molecule has 2 N–H and O–H groups in total. The summed E-state index contributed by atoms with van der Waals surface area (Å²) in [5, 5.41) is 0.212. The van der Waals surface area contributed by atoms with Crippen molar-refractivity contribution >= 4 is 41.1 Å².